The molecule has 0 aromatic heterocycles. The largest absolute Gasteiger partial charge is 0.381 e. The van der Waals surface area contributed by atoms with Crippen LogP contribution in [0.15, 0.2) is 15.7 Å². The van der Waals surface area contributed by atoms with Crippen LogP contribution in [0, 0.1) is 11.3 Å². The molecule has 0 unspecified atom stereocenters. The van der Waals surface area contributed by atoms with Gasteiger partial charge in [-0.15, -0.1) is 0 Å². The van der Waals surface area contributed by atoms with Gasteiger partial charge in [0, 0.05) is 20.4 Å². The molecule has 0 aliphatic heterocycles. The van der Waals surface area contributed by atoms with E-state index in [4.69, 9.17) is 11.0 Å². The molecule has 0 spiro atoms. The molecule has 8 heteroatoms. The summed E-state index contributed by atoms with van der Waals surface area (Å²) < 4.78 is 22.5. The zero-order valence-electron chi connectivity index (χ0n) is 8.70. The van der Waals surface area contributed by atoms with E-state index >= 15 is 0 Å². The van der Waals surface area contributed by atoms with Crippen molar-refractivity contribution in [3.8, 4) is 6.07 Å². The number of nitrogens with two attached hydrogens (primary N) is 1. The van der Waals surface area contributed by atoms with E-state index in [1.54, 1.807) is 6.07 Å². The third-order valence-electron chi connectivity index (χ3n) is 1.43. The third-order valence-corrected chi connectivity index (χ3v) is 2.57. The summed E-state index contributed by atoms with van der Waals surface area (Å²) in [6, 6.07) is 1.69. The van der Waals surface area contributed by atoms with Gasteiger partial charge in [0.2, 0.25) is 0 Å². The van der Waals surface area contributed by atoms with Crippen LogP contribution in [-0.2, 0) is 9.84 Å². The van der Waals surface area contributed by atoms with Crippen LogP contribution in [0.5, 0.6) is 0 Å². The Kier molecular flexibility index (Phi) is 4.60. The van der Waals surface area contributed by atoms with Crippen molar-refractivity contribution < 1.29 is 8.42 Å². The summed E-state index contributed by atoms with van der Waals surface area (Å²) >= 11 is 0. The fourth-order valence-corrected chi connectivity index (χ4v) is 1.79. The predicted molar refractivity (Wildman–Crippen MR) is 57.2 cm³/mol. The lowest BCUT2D eigenvalue weighted by Crippen LogP contribution is -2.26. The molecule has 0 heterocycles. The minimum atomic E-state index is -3.53. The highest BCUT2D eigenvalue weighted by Gasteiger charge is 2.18. The normalized spacial score (nSPS) is 13.9. The maximum absolute atomic E-state index is 11.3. The van der Waals surface area contributed by atoms with Crippen LogP contribution >= 0.6 is 0 Å². The molecule has 4 N–H and O–H groups in total. The topological polar surface area (TPSA) is 120 Å². The van der Waals surface area contributed by atoms with Crippen molar-refractivity contribution in [1.82, 2.24) is 10.7 Å². The van der Waals surface area contributed by atoms with Gasteiger partial charge in [0.15, 0.2) is 15.7 Å². The summed E-state index contributed by atoms with van der Waals surface area (Å²) in [6.45, 7) is 0. The molecule has 0 saturated heterocycles. The lowest BCUT2D eigenvalue weighted by Gasteiger charge is -2.07. The lowest BCUT2D eigenvalue weighted by atomic mass is 10.3. The molecule has 0 radical (unpaired) electrons. The molecule has 7 nitrogen and oxygen atoms in total. The molecule has 0 fully saturated rings. The van der Waals surface area contributed by atoms with Gasteiger partial charge in [-0.2, -0.15) is 10.4 Å². The van der Waals surface area contributed by atoms with Crippen molar-refractivity contribution in [1.29, 1.82) is 5.26 Å². The summed E-state index contributed by atoms with van der Waals surface area (Å²) in [6.07, 6.45) is 0.975. The minimum absolute atomic E-state index is 0.185. The van der Waals surface area contributed by atoms with Crippen molar-refractivity contribution in [2.24, 2.45) is 10.8 Å². The molecule has 15 heavy (non-hydrogen) atoms. The maximum atomic E-state index is 11.3. The van der Waals surface area contributed by atoms with Gasteiger partial charge >= 0.3 is 0 Å². The van der Waals surface area contributed by atoms with E-state index in [-0.39, 0.29) is 16.4 Å². The van der Waals surface area contributed by atoms with E-state index in [0.29, 0.717) is 0 Å². The van der Waals surface area contributed by atoms with Gasteiger partial charge in [-0.25, -0.2) is 8.42 Å². The van der Waals surface area contributed by atoms with Crippen molar-refractivity contribution in [2.75, 3.05) is 20.4 Å². The highest BCUT2D eigenvalue weighted by atomic mass is 32.2. The predicted octanol–water partition coefficient (Wildman–Crippen LogP) is -1.52. The molecular formula is C7H13N5O2S. The zero-order chi connectivity index (χ0) is 12.1. The van der Waals surface area contributed by atoms with Gasteiger partial charge in [0.1, 0.15) is 16.7 Å². The number of amidine groups is 1. The van der Waals surface area contributed by atoms with Crippen molar-refractivity contribution >= 4 is 15.7 Å². The highest BCUT2D eigenvalue weighted by molar-refractivity contribution is 7.94. The maximum Gasteiger partial charge on any atom is 0.191 e. The molecule has 0 bridgehead atoms. The van der Waals surface area contributed by atoms with Crippen molar-refractivity contribution in [2.45, 2.75) is 0 Å². The number of hydrogen-bond donors (Lipinski definition) is 3. The molecule has 0 saturated carbocycles. The monoisotopic (exact) mass is 231 g/mol. The SMILES string of the molecule is CNN=C(N)C(C#N)=C(NC)S(C)(=O)=O. The first-order valence-corrected chi connectivity index (χ1v) is 5.80. The van der Waals surface area contributed by atoms with Crippen molar-refractivity contribution in [3.63, 3.8) is 0 Å². The van der Waals surface area contributed by atoms with E-state index in [1.807, 2.05) is 0 Å². The number of nitrogens with zero attached hydrogens (tertiary/aromatic N) is 2. The molecule has 0 aliphatic carbocycles. The zero-order valence-corrected chi connectivity index (χ0v) is 9.51. The van der Waals surface area contributed by atoms with E-state index in [1.165, 1.54) is 14.1 Å². The summed E-state index contributed by atoms with van der Waals surface area (Å²) in [7, 11) is -0.656. The van der Waals surface area contributed by atoms with Gasteiger partial charge in [-0.05, 0) is 0 Å². The van der Waals surface area contributed by atoms with Gasteiger partial charge in [-0.1, -0.05) is 0 Å². The van der Waals surface area contributed by atoms with Gasteiger partial charge < -0.3 is 16.5 Å². The fourth-order valence-electron chi connectivity index (χ4n) is 0.897. The smallest absolute Gasteiger partial charge is 0.191 e. The average Bonchev–Trinajstić information content (AvgIpc) is 2.11. The third kappa shape index (κ3) is 3.47. The van der Waals surface area contributed by atoms with Crippen LogP contribution in [0.4, 0.5) is 0 Å². The second kappa shape index (κ2) is 5.21. The Labute approximate surface area is 88.6 Å². The first-order chi connectivity index (χ1) is 6.88. The van der Waals surface area contributed by atoms with Gasteiger partial charge in [-0.3, -0.25) is 0 Å². The fraction of sp³-hybridized carbons (Fsp3) is 0.429. The molecule has 84 valence electrons. The van der Waals surface area contributed by atoms with Crippen LogP contribution in [0.2, 0.25) is 0 Å². The number of hydrogen-bond acceptors (Lipinski definition) is 6. The molecule has 0 aliphatic rings. The number of sulfone groups is 1. The van der Waals surface area contributed by atoms with Crippen LogP contribution < -0.4 is 16.5 Å². The second-order valence-corrected chi connectivity index (χ2v) is 4.51. The summed E-state index contributed by atoms with van der Waals surface area (Å²) in [4.78, 5) is 0. The van der Waals surface area contributed by atoms with Crippen LogP contribution in [-0.4, -0.2) is 34.6 Å². The minimum Gasteiger partial charge on any atom is -0.381 e. The quantitative estimate of drug-likeness (QED) is 0.234. The molecular weight excluding hydrogens is 218 g/mol. The lowest BCUT2D eigenvalue weighted by molar-refractivity contribution is 0.604. The Hall–Kier alpha value is -1.75. The van der Waals surface area contributed by atoms with Gasteiger partial charge in [0.25, 0.3) is 0 Å². The molecule has 0 amide bonds. The summed E-state index contributed by atoms with van der Waals surface area (Å²) in [5.74, 6) is -0.185. The van der Waals surface area contributed by atoms with E-state index in [2.05, 4.69) is 15.8 Å². The average molecular weight is 231 g/mol. The second-order valence-electron chi connectivity index (χ2n) is 2.56. The standard InChI is InChI=1S/C7H13N5O2S/c1-10-7(15(3,13)14)5(4-8)6(9)12-11-2/h10-11H,1-3H3,(H2,9,12). The Morgan fingerprint density at radius 3 is 2.27 bits per heavy atom. The Morgan fingerprint density at radius 2 is 2.00 bits per heavy atom. The molecule has 0 aromatic carbocycles. The Balaban J connectivity index is 5.72. The molecule has 0 atom stereocenters. The number of nitrogens with one attached hydrogen (secondary N) is 2. The van der Waals surface area contributed by atoms with E-state index in [0.717, 1.165) is 6.26 Å². The molecule has 0 rings (SSSR count). The van der Waals surface area contributed by atoms with Crippen LogP contribution in [0.3, 0.4) is 0 Å². The Morgan fingerprint density at radius 1 is 1.47 bits per heavy atom. The number of rotatable bonds is 4. The van der Waals surface area contributed by atoms with Gasteiger partial charge in [0.05, 0.1) is 0 Å². The van der Waals surface area contributed by atoms with E-state index < -0.39 is 9.84 Å². The summed E-state index contributed by atoms with van der Waals surface area (Å²) in [5, 5.41) is 14.5. The first kappa shape index (κ1) is 13.2. The highest BCUT2D eigenvalue weighted by Crippen LogP contribution is 2.07. The number of nitriles is 1. The first-order valence-electron chi connectivity index (χ1n) is 3.91. The summed E-state index contributed by atoms with van der Waals surface area (Å²) in [5.41, 5.74) is 7.57. The van der Waals surface area contributed by atoms with E-state index in [9.17, 15) is 8.42 Å². The van der Waals surface area contributed by atoms with Crippen molar-refractivity contribution in [3.05, 3.63) is 10.6 Å². The van der Waals surface area contributed by atoms with Crippen LogP contribution in [0.25, 0.3) is 0 Å². The Bertz CT molecular complexity index is 429. The number of hydrazone groups is 1. The van der Waals surface area contributed by atoms with Crippen LogP contribution in [0.1, 0.15) is 0 Å². The molecule has 0 aromatic rings.